The highest BCUT2D eigenvalue weighted by Crippen LogP contribution is 2.47. The first kappa shape index (κ1) is 26.4. The molecule has 204 valence electrons. The molecule has 4 heterocycles. The van der Waals surface area contributed by atoms with Crippen molar-refractivity contribution in [3.8, 4) is 0 Å². The van der Waals surface area contributed by atoms with Crippen molar-refractivity contribution in [1.82, 2.24) is 15.1 Å². The highest BCUT2D eigenvalue weighted by molar-refractivity contribution is 6.46. The molecule has 38 heavy (non-hydrogen) atoms. The van der Waals surface area contributed by atoms with Crippen molar-refractivity contribution in [3.63, 3.8) is 0 Å². The molecule has 0 spiro atoms. The van der Waals surface area contributed by atoms with Crippen molar-refractivity contribution in [3.05, 3.63) is 35.1 Å². The summed E-state index contributed by atoms with van der Waals surface area (Å²) in [5, 5.41) is 2.62. The predicted octanol–water partition coefficient (Wildman–Crippen LogP) is 1.85. The third kappa shape index (κ3) is 4.50. The molecule has 1 aromatic carbocycles. The summed E-state index contributed by atoms with van der Waals surface area (Å²) < 4.78 is 34.7. The fraction of sp³-hybridized carbons (Fsp3) is 0.593. The average molecular weight is 531 g/mol. The second-order valence-electron chi connectivity index (χ2n) is 10.9. The standard InChI is InChI=1S/C27H32F2N4O5/c1-16-13-17(3-4-19(16)28)14-30-22(35)20-21(34)24(37)33-15-26(29)7-9-27(10-8-26,25(33)31-20)32(2)23(36)18-5-11-38-12-6-18/h3-4,13,18,20H,5-12,14-15H2,1-2H3,(H,30,35). The molecule has 1 saturated carbocycles. The number of carbonyl (C=O) groups is 4. The van der Waals surface area contributed by atoms with Gasteiger partial charge in [0.25, 0.3) is 17.6 Å². The van der Waals surface area contributed by atoms with Crippen LogP contribution in [0.1, 0.15) is 49.7 Å². The topological polar surface area (TPSA) is 108 Å². The van der Waals surface area contributed by atoms with Crippen molar-refractivity contribution in [2.75, 3.05) is 26.8 Å². The molecule has 1 aromatic rings. The third-order valence-electron chi connectivity index (χ3n) is 8.52. The van der Waals surface area contributed by atoms with Crippen LogP contribution in [0.25, 0.3) is 0 Å². The van der Waals surface area contributed by atoms with Gasteiger partial charge in [-0.15, -0.1) is 0 Å². The number of nitrogens with one attached hydrogen (secondary N) is 1. The Kier molecular flexibility index (Phi) is 6.83. The van der Waals surface area contributed by atoms with E-state index in [4.69, 9.17) is 4.74 Å². The number of halogens is 2. The van der Waals surface area contributed by atoms with E-state index in [0.29, 0.717) is 37.2 Å². The number of aliphatic imine (C=N–C) groups is 1. The second kappa shape index (κ2) is 9.83. The number of fused-ring (bicyclic) bond motifs is 2. The summed E-state index contributed by atoms with van der Waals surface area (Å²) in [5.41, 5.74) is -1.78. The Morgan fingerprint density at radius 3 is 2.53 bits per heavy atom. The van der Waals surface area contributed by atoms with Gasteiger partial charge in [-0.25, -0.2) is 13.8 Å². The second-order valence-corrected chi connectivity index (χ2v) is 10.9. The molecule has 4 fully saturated rings. The summed E-state index contributed by atoms with van der Waals surface area (Å²) in [6.07, 6.45) is 1.80. The molecule has 1 N–H and O–H groups in total. The molecule has 2 bridgehead atoms. The quantitative estimate of drug-likeness (QED) is 0.462. The van der Waals surface area contributed by atoms with Crippen LogP contribution in [0.2, 0.25) is 0 Å². The van der Waals surface area contributed by atoms with E-state index < -0.39 is 34.8 Å². The molecule has 0 radical (unpaired) electrons. The van der Waals surface area contributed by atoms with Gasteiger partial charge in [0, 0.05) is 32.7 Å². The number of ketones is 1. The lowest BCUT2D eigenvalue weighted by molar-refractivity contribution is -0.147. The van der Waals surface area contributed by atoms with Crippen molar-refractivity contribution < 1.29 is 32.7 Å². The Morgan fingerprint density at radius 1 is 1.18 bits per heavy atom. The van der Waals surface area contributed by atoms with Gasteiger partial charge in [-0.1, -0.05) is 12.1 Å². The van der Waals surface area contributed by atoms with Crippen molar-refractivity contribution in [2.45, 2.75) is 69.2 Å². The third-order valence-corrected chi connectivity index (χ3v) is 8.52. The van der Waals surface area contributed by atoms with E-state index in [-0.39, 0.29) is 62.3 Å². The molecule has 3 amide bonds. The maximum atomic E-state index is 15.7. The Hall–Kier alpha value is -3.21. The molecule has 3 saturated heterocycles. The lowest BCUT2D eigenvalue weighted by atomic mass is 9.74. The summed E-state index contributed by atoms with van der Waals surface area (Å²) >= 11 is 0. The van der Waals surface area contributed by atoms with Gasteiger partial charge in [-0.05, 0) is 62.6 Å². The Morgan fingerprint density at radius 2 is 1.87 bits per heavy atom. The number of carbonyl (C=O) groups excluding carboxylic acids is 4. The predicted molar refractivity (Wildman–Crippen MR) is 132 cm³/mol. The molecule has 4 aliphatic heterocycles. The highest BCUT2D eigenvalue weighted by Gasteiger charge is 2.60. The monoisotopic (exact) mass is 530 g/mol. The molecule has 6 rings (SSSR count). The first-order chi connectivity index (χ1) is 18.0. The molecule has 9 nitrogen and oxygen atoms in total. The summed E-state index contributed by atoms with van der Waals surface area (Å²) in [5.74, 6) is -3.48. The first-order valence-electron chi connectivity index (χ1n) is 13.1. The van der Waals surface area contributed by atoms with E-state index >= 15 is 4.39 Å². The summed E-state index contributed by atoms with van der Waals surface area (Å²) in [6, 6.07) is 2.73. The SMILES string of the molecule is Cc1cc(CNC(=O)C2N=C3N(CC4(F)CCC3(N(C)C(=O)C3CCOCC3)CC4)C(=O)C2=O)ccc1F. The minimum atomic E-state index is -1.70. The van der Waals surface area contributed by atoms with Gasteiger partial charge >= 0.3 is 0 Å². The number of ether oxygens (including phenoxy) is 1. The average Bonchev–Trinajstić information content (AvgIpc) is 3.13. The normalized spacial score (nSPS) is 29.4. The van der Waals surface area contributed by atoms with Gasteiger partial charge < -0.3 is 15.0 Å². The number of hydrogen-bond acceptors (Lipinski definition) is 6. The van der Waals surface area contributed by atoms with Gasteiger partial charge in [0.05, 0.1) is 6.54 Å². The smallest absolute Gasteiger partial charge is 0.298 e. The molecule has 11 heteroatoms. The van der Waals surface area contributed by atoms with E-state index in [1.807, 2.05) is 0 Å². The van der Waals surface area contributed by atoms with E-state index in [0.717, 1.165) is 4.90 Å². The minimum absolute atomic E-state index is 0.00731. The van der Waals surface area contributed by atoms with Crippen molar-refractivity contribution in [1.29, 1.82) is 0 Å². The van der Waals surface area contributed by atoms with Crippen LogP contribution in [0.15, 0.2) is 23.2 Å². The number of alkyl halides is 1. The largest absolute Gasteiger partial charge is 0.381 e. The number of benzene rings is 1. The summed E-state index contributed by atoms with van der Waals surface area (Å²) in [6.45, 7) is 2.22. The number of nitrogens with zero attached hydrogens (tertiary/aromatic N) is 3. The molecular weight excluding hydrogens is 498 g/mol. The van der Waals surface area contributed by atoms with E-state index in [9.17, 15) is 23.6 Å². The number of hydrogen-bond donors (Lipinski definition) is 1. The maximum Gasteiger partial charge on any atom is 0.298 e. The van der Waals surface area contributed by atoms with Crippen LogP contribution in [0.3, 0.4) is 0 Å². The lowest BCUT2D eigenvalue weighted by Crippen LogP contribution is -2.65. The van der Waals surface area contributed by atoms with Gasteiger partial charge in [-0.3, -0.25) is 24.1 Å². The Balaban J connectivity index is 1.46. The van der Waals surface area contributed by atoms with Gasteiger partial charge in [-0.2, -0.15) is 0 Å². The van der Waals surface area contributed by atoms with E-state index in [2.05, 4.69) is 10.3 Å². The number of rotatable bonds is 5. The Bertz CT molecular complexity index is 1200. The van der Waals surface area contributed by atoms with E-state index in [1.165, 1.54) is 12.1 Å². The zero-order chi connectivity index (χ0) is 27.2. The number of amides is 3. The maximum absolute atomic E-state index is 15.7. The molecule has 1 atom stereocenters. The number of Topliss-reactive ketones (excluding diaryl/α,β-unsaturated/α-hetero) is 1. The molecular formula is C27H32F2N4O5. The fourth-order valence-electron chi connectivity index (χ4n) is 6.09. The van der Waals surface area contributed by atoms with Gasteiger partial charge in [0.2, 0.25) is 5.91 Å². The number of aryl methyl sites for hydroxylation is 1. The van der Waals surface area contributed by atoms with Crippen LogP contribution in [0.5, 0.6) is 0 Å². The lowest BCUT2D eigenvalue weighted by Gasteiger charge is -2.47. The van der Waals surface area contributed by atoms with Crippen LogP contribution < -0.4 is 5.32 Å². The summed E-state index contributed by atoms with van der Waals surface area (Å²) in [4.78, 5) is 60.1. The van der Waals surface area contributed by atoms with Gasteiger partial charge in [0.15, 0.2) is 6.04 Å². The molecule has 5 aliphatic rings. The molecule has 1 unspecified atom stereocenters. The number of likely N-dealkylation sites (N-methyl/N-ethyl adjacent to an activating group) is 1. The zero-order valence-corrected chi connectivity index (χ0v) is 21.6. The van der Waals surface area contributed by atoms with Crippen LogP contribution in [-0.2, 0) is 30.5 Å². The van der Waals surface area contributed by atoms with Crippen LogP contribution in [0, 0.1) is 18.7 Å². The Labute approximate surface area is 219 Å². The van der Waals surface area contributed by atoms with Crippen LogP contribution in [0.4, 0.5) is 8.78 Å². The van der Waals surface area contributed by atoms with Gasteiger partial charge in [0.1, 0.15) is 22.9 Å². The van der Waals surface area contributed by atoms with E-state index in [1.54, 1.807) is 24.9 Å². The minimum Gasteiger partial charge on any atom is -0.381 e. The zero-order valence-electron chi connectivity index (χ0n) is 21.6. The van der Waals surface area contributed by atoms with Crippen LogP contribution in [-0.4, -0.2) is 83.2 Å². The highest BCUT2D eigenvalue weighted by atomic mass is 19.1. The molecule has 0 aromatic heterocycles. The fourth-order valence-corrected chi connectivity index (χ4v) is 6.09. The van der Waals surface area contributed by atoms with Crippen molar-refractivity contribution in [2.24, 2.45) is 10.9 Å². The van der Waals surface area contributed by atoms with Crippen molar-refractivity contribution >= 4 is 29.3 Å². The first-order valence-corrected chi connectivity index (χ1v) is 13.1. The number of amidine groups is 1. The summed E-state index contributed by atoms with van der Waals surface area (Å²) in [7, 11) is 1.64. The molecule has 1 aliphatic carbocycles. The van der Waals surface area contributed by atoms with Crippen LogP contribution >= 0.6 is 0 Å².